The molecule has 0 aromatic heterocycles. The molecule has 0 heterocycles. The van der Waals surface area contributed by atoms with Gasteiger partial charge in [-0.05, 0) is 11.3 Å². The van der Waals surface area contributed by atoms with Crippen molar-refractivity contribution in [2.75, 3.05) is 0 Å². The van der Waals surface area contributed by atoms with Crippen LogP contribution in [0.2, 0.25) is 0 Å². The number of rotatable bonds is 0. The van der Waals surface area contributed by atoms with Crippen molar-refractivity contribution in [1.82, 2.24) is 0 Å². The summed E-state index contributed by atoms with van der Waals surface area (Å²) in [5.41, 5.74) is 0. The smallest absolute Gasteiger partial charge is 0.170 e. The van der Waals surface area contributed by atoms with Gasteiger partial charge < -0.3 is 0 Å². The molecule has 0 aromatic rings. The molecule has 0 fully saturated rings. The predicted molar refractivity (Wildman–Crippen MR) is 40.4 cm³/mol. The SMILES string of the molecule is FC(F)(F)C1C=CC(S)=CC1. The minimum atomic E-state index is -4.11. The van der Waals surface area contributed by atoms with Gasteiger partial charge in [0.1, 0.15) is 0 Å². The highest BCUT2D eigenvalue weighted by Crippen LogP contribution is 2.33. The average molecular weight is 180 g/mol. The van der Waals surface area contributed by atoms with Gasteiger partial charge in [0.25, 0.3) is 0 Å². The average Bonchev–Trinajstić information content (AvgIpc) is 1.86. The lowest BCUT2D eigenvalue weighted by molar-refractivity contribution is -0.160. The molecule has 0 radical (unpaired) electrons. The van der Waals surface area contributed by atoms with E-state index < -0.39 is 12.1 Å². The molecule has 0 aliphatic heterocycles. The second-order valence-corrected chi connectivity index (χ2v) is 2.89. The van der Waals surface area contributed by atoms with Gasteiger partial charge in [0, 0.05) is 0 Å². The van der Waals surface area contributed by atoms with E-state index in [4.69, 9.17) is 0 Å². The first kappa shape index (κ1) is 8.71. The van der Waals surface area contributed by atoms with Gasteiger partial charge in [0.05, 0.1) is 5.92 Å². The maximum absolute atomic E-state index is 12.0. The molecule has 1 unspecified atom stereocenters. The fourth-order valence-electron chi connectivity index (χ4n) is 0.852. The van der Waals surface area contributed by atoms with Gasteiger partial charge >= 0.3 is 6.18 Å². The van der Waals surface area contributed by atoms with Crippen LogP contribution in [0.5, 0.6) is 0 Å². The summed E-state index contributed by atoms with van der Waals surface area (Å²) >= 11 is 3.90. The van der Waals surface area contributed by atoms with Gasteiger partial charge in [-0.3, -0.25) is 0 Å². The molecular weight excluding hydrogens is 173 g/mol. The quantitative estimate of drug-likeness (QED) is 0.544. The second-order valence-electron chi connectivity index (χ2n) is 2.37. The van der Waals surface area contributed by atoms with E-state index in [1.165, 1.54) is 12.2 Å². The lowest BCUT2D eigenvalue weighted by Gasteiger charge is -2.17. The molecule has 0 nitrogen and oxygen atoms in total. The summed E-state index contributed by atoms with van der Waals surface area (Å²) in [4.78, 5) is 0.602. The van der Waals surface area contributed by atoms with E-state index in [1.807, 2.05) is 0 Å². The highest BCUT2D eigenvalue weighted by Gasteiger charge is 2.37. The molecule has 4 heteroatoms. The maximum atomic E-state index is 12.0. The van der Waals surface area contributed by atoms with Gasteiger partial charge in [0.15, 0.2) is 0 Å². The summed E-state index contributed by atoms with van der Waals surface area (Å²) in [5, 5.41) is 0. The van der Waals surface area contributed by atoms with Gasteiger partial charge in [-0.1, -0.05) is 18.2 Å². The summed E-state index contributed by atoms with van der Waals surface area (Å²) in [5.74, 6) is -1.32. The Kier molecular flexibility index (Phi) is 2.32. The molecule has 1 atom stereocenters. The van der Waals surface area contributed by atoms with Crippen molar-refractivity contribution >= 4 is 12.6 Å². The topological polar surface area (TPSA) is 0 Å². The Hall–Kier alpha value is -0.380. The molecule has 0 amide bonds. The molecule has 1 aliphatic carbocycles. The molecule has 1 aliphatic rings. The van der Waals surface area contributed by atoms with Crippen LogP contribution < -0.4 is 0 Å². The molecule has 11 heavy (non-hydrogen) atoms. The summed E-state index contributed by atoms with van der Waals surface area (Å²) in [6.45, 7) is 0. The monoisotopic (exact) mass is 180 g/mol. The maximum Gasteiger partial charge on any atom is 0.395 e. The fraction of sp³-hybridized carbons (Fsp3) is 0.429. The van der Waals surface area contributed by atoms with Crippen molar-refractivity contribution < 1.29 is 13.2 Å². The van der Waals surface area contributed by atoms with Crippen LogP contribution in [0.4, 0.5) is 13.2 Å². The molecule has 0 spiro atoms. The zero-order valence-corrected chi connectivity index (χ0v) is 6.49. The van der Waals surface area contributed by atoms with Crippen LogP contribution in [0, 0.1) is 5.92 Å². The first-order chi connectivity index (χ1) is 5.00. The lowest BCUT2D eigenvalue weighted by atomic mass is 10.0. The molecule has 0 saturated carbocycles. The van der Waals surface area contributed by atoms with Crippen LogP contribution in [0.1, 0.15) is 6.42 Å². The van der Waals surface area contributed by atoms with Crippen LogP contribution >= 0.6 is 12.6 Å². The highest BCUT2D eigenvalue weighted by molar-refractivity contribution is 7.84. The van der Waals surface area contributed by atoms with Crippen LogP contribution in [0.3, 0.4) is 0 Å². The molecular formula is C7H7F3S. The molecule has 0 bridgehead atoms. The van der Waals surface area contributed by atoms with Crippen LogP contribution in [-0.4, -0.2) is 6.18 Å². The van der Waals surface area contributed by atoms with Crippen molar-refractivity contribution in [3.05, 3.63) is 23.1 Å². The van der Waals surface area contributed by atoms with E-state index >= 15 is 0 Å². The zero-order chi connectivity index (χ0) is 8.48. The molecule has 0 saturated heterocycles. The third-order valence-electron chi connectivity index (χ3n) is 1.50. The summed E-state index contributed by atoms with van der Waals surface area (Å²) in [7, 11) is 0. The number of allylic oxidation sites excluding steroid dienone is 3. The van der Waals surface area contributed by atoms with Crippen LogP contribution in [0.15, 0.2) is 23.1 Å². The van der Waals surface area contributed by atoms with Crippen LogP contribution in [-0.2, 0) is 0 Å². The second kappa shape index (κ2) is 2.93. The third-order valence-corrected chi connectivity index (χ3v) is 1.83. The van der Waals surface area contributed by atoms with Crippen molar-refractivity contribution in [2.24, 2.45) is 5.92 Å². The summed E-state index contributed by atoms with van der Waals surface area (Å²) < 4.78 is 35.9. The standard InChI is InChI=1S/C7H7F3S/c8-7(9,10)5-1-3-6(11)4-2-5/h1,3-5,11H,2H2. The van der Waals surface area contributed by atoms with Crippen molar-refractivity contribution in [3.63, 3.8) is 0 Å². The van der Waals surface area contributed by atoms with E-state index in [9.17, 15) is 13.2 Å². The van der Waals surface area contributed by atoms with Crippen molar-refractivity contribution in [1.29, 1.82) is 0 Å². The summed E-state index contributed by atoms with van der Waals surface area (Å²) in [6, 6.07) is 0. The number of halogens is 3. The largest absolute Gasteiger partial charge is 0.395 e. The minimum Gasteiger partial charge on any atom is -0.170 e. The van der Waals surface area contributed by atoms with Gasteiger partial charge in [-0.2, -0.15) is 13.2 Å². The number of thiol groups is 1. The number of alkyl halides is 3. The van der Waals surface area contributed by atoms with Gasteiger partial charge in [-0.15, -0.1) is 12.6 Å². The zero-order valence-electron chi connectivity index (χ0n) is 5.60. The van der Waals surface area contributed by atoms with E-state index in [2.05, 4.69) is 12.6 Å². The normalized spacial score (nSPS) is 25.1. The fourth-order valence-corrected chi connectivity index (χ4v) is 1.04. The minimum absolute atomic E-state index is 0.0127. The first-order valence-corrected chi connectivity index (χ1v) is 3.59. The Morgan fingerprint density at radius 3 is 2.45 bits per heavy atom. The molecule has 1 rings (SSSR count). The van der Waals surface area contributed by atoms with E-state index in [-0.39, 0.29) is 6.42 Å². The van der Waals surface area contributed by atoms with E-state index in [0.29, 0.717) is 4.91 Å². The Bertz CT molecular complexity index is 202. The first-order valence-electron chi connectivity index (χ1n) is 3.14. The van der Waals surface area contributed by atoms with Crippen LogP contribution in [0.25, 0.3) is 0 Å². The van der Waals surface area contributed by atoms with Gasteiger partial charge in [0.2, 0.25) is 0 Å². The number of hydrogen-bond acceptors (Lipinski definition) is 1. The van der Waals surface area contributed by atoms with E-state index in [1.54, 1.807) is 0 Å². The van der Waals surface area contributed by atoms with E-state index in [0.717, 1.165) is 6.08 Å². The third kappa shape index (κ3) is 2.29. The lowest BCUT2D eigenvalue weighted by Crippen LogP contribution is -2.21. The highest BCUT2D eigenvalue weighted by atomic mass is 32.1. The molecule has 62 valence electrons. The predicted octanol–water partition coefficient (Wildman–Crippen LogP) is 2.94. The Morgan fingerprint density at radius 1 is 1.45 bits per heavy atom. The Morgan fingerprint density at radius 2 is 2.09 bits per heavy atom. The molecule has 0 N–H and O–H groups in total. The van der Waals surface area contributed by atoms with Gasteiger partial charge in [-0.25, -0.2) is 0 Å². The van der Waals surface area contributed by atoms with Crippen molar-refractivity contribution in [3.8, 4) is 0 Å². The van der Waals surface area contributed by atoms with Crippen molar-refractivity contribution in [2.45, 2.75) is 12.6 Å². The molecule has 0 aromatic carbocycles. The Labute approximate surface area is 68.2 Å². The number of hydrogen-bond donors (Lipinski definition) is 1. The Balaban J connectivity index is 2.63. The summed E-state index contributed by atoms with van der Waals surface area (Å²) in [6.07, 6.45) is -0.102.